The van der Waals surface area contributed by atoms with E-state index in [0.717, 1.165) is 48.6 Å². The summed E-state index contributed by atoms with van der Waals surface area (Å²) >= 11 is 3.50. The van der Waals surface area contributed by atoms with E-state index in [2.05, 4.69) is 31.2 Å². The maximum absolute atomic E-state index is 10.1. The number of aliphatic hydroxyl groups excluding tert-OH is 1. The number of aryl methyl sites for hydroxylation is 1. The van der Waals surface area contributed by atoms with Gasteiger partial charge in [-0.15, -0.1) is 0 Å². The number of nitrogens with zero attached hydrogens (tertiary/aromatic N) is 3. The number of rotatable bonds is 4. The topological polar surface area (TPSA) is 53.3 Å². The van der Waals surface area contributed by atoms with Gasteiger partial charge in [0, 0.05) is 38.4 Å². The molecule has 6 heteroatoms. The Labute approximate surface area is 116 Å². The Hall–Kier alpha value is -0.430. The highest BCUT2D eigenvalue weighted by molar-refractivity contribution is 9.10. The lowest BCUT2D eigenvalue weighted by atomic mass is 10.3. The van der Waals surface area contributed by atoms with E-state index >= 15 is 0 Å². The van der Waals surface area contributed by atoms with Crippen LogP contribution in [-0.4, -0.2) is 58.6 Å². The molecule has 1 saturated heterocycles. The van der Waals surface area contributed by atoms with Crippen molar-refractivity contribution in [3.63, 3.8) is 0 Å². The SMILES string of the molecule is Cc1nn(CC(O)CN2CCNCC2)c(C)c1Br. The lowest BCUT2D eigenvalue weighted by molar-refractivity contribution is 0.0883. The summed E-state index contributed by atoms with van der Waals surface area (Å²) in [7, 11) is 0. The summed E-state index contributed by atoms with van der Waals surface area (Å²) in [6.45, 7) is 9.31. The molecule has 0 aromatic carbocycles. The smallest absolute Gasteiger partial charge is 0.0862 e. The van der Waals surface area contributed by atoms with Crippen LogP contribution in [0.15, 0.2) is 4.47 Å². The fourth-order valence-electron chi connectivity index (χ4n) is 2.30. The van der Waals surface area contributed by atoms with E-state index < -0.39 is 0 Å². The third kappa shape index (κ3) is 3.32. The monoisotopic (exact) mass is 316 g/mol. The minimum Gasteiger partial charge on any atom is -0.390 e. The van der Waals surface area contributed by atoms with Crippen LogP contribution < -0.4 is 5.32 Å². The van der Waals surface area contributed by atoms with Gasteiger partial charge in [0.2, 0.25) is 0 Å². The van der Waals surface area contributed by atoms with Crippen LogP contribution in [0.5, 0.6) is 0 Å². The van der Waals surface area contributed by atoms with Crippen molar-refractivity contribution in [2.45, 2.75) is 26.5 Å². The second kappa shape index (κ2) is 6.14. The molecule has 1 aromatic heterocycles. The highest BCUT2D eigenvalue weighted by Gasteiger charge is 2.17. The standard InChI is InChI=1S/C12H21BrN4O/c1-9-12(13)10(2)17(15-9)8-11(18)7-16-5-3-14-4-6-16/h11,14,18H,3-8H2,1-2H3. The molecule has 1 atom stereocenters. The highest BCUT2D eigenvalue weighted by Crippen LogP contribution is 2.19. The van der Waals surface area contributed by atoms with Crippen molar-refractivity contribution < 1.29 is 5.11 Å². The minimum atomic E-state index is -0.368. The summed E-state index contributed by atoms with van der Waals surface area (Å²) in [6.07, 6.45) is -0.368. The van der Waals surface area contributed by atoms with Gasteiger partial charge in [-0.05, 0) is 29.8 Å². The zero-order chi connectivity index (χ0) is 13.1. The van der Waals surface area contributed by atoms with E-state index in [1.807, 2.05) is 18.5 Å². The average Bonchev–Trinajstić information content (AvgIpc) is 2.58. The van der Waals surface area contributed by atoms with Crippen molar-refractivity contribution in [2.24, 2.45) is 0 Å². The van der Waals surface area contributed by atoms with Crippen molar-refractivity contribution in [1.29, 1.82) is 0 Å². The molecule has 1 aromatic rings. The van der Waals surface area contributed by atoms with E-state index in [1.54, 1.807) is 0 Å². The lowest BCUT2D eigenvalue weighted by Gasteiger charge is -2.29. The predicted octanol–water partition coefficient (Wildman–Crippen LogP) is 0.529. The summed E-state index contributed by atoms with van der Waals surface area (Å²) in [5, 5.41) is 17.9. The molecule has 0 radical (unpaired) electrons. The highest BCUT2D eigenvalue weighted by atomic mass is 79.9. The fraction of sp³-hybridized carbons (Fsp3) is 0.750. The first-order valence-corrected chi connectivity index (χ1v) is 7.18. The maximum atomic E-state index is 10.1. The van der Waals surface area contributed by atoms with Crippen molar-refractivity contribution >= 4 is 15.9 Å². The van der Waals surface area contributed by atoms with Crippen LogP contribution in [0.3, 0.4) is 0 Å². The summed E-state index contributed by atoms with van der Waals surface area (Å²) in [6, 6.07) is 0. The normalized spacial score (nSPS) is 19.1. The first-order chi connectivity index (χ1) is 8.58. The molecule has 1 unspecified atom stereocenters. The largest absolute Gasteiger partial charge is 0.390 e. The molecule has 18 heavy (non-hydrogen) atoms. The molecule has 0 amide bonds. The molecular formula is C12H21BrN4O. The van der Waals surface area contributed by atoms with Gasteiger partial charge < -0.3 is 10.4 Å². The number of hydrogen-bond acceptors (Lipinski definition) is 4. The third-order valence-electron chi connectivity index (χ3n) is 3.36. The maximum Gasteiger partial charge on any atom is 0.0862 e. The molecule has 1 aliphatic rings. The zero-order valence-corrected chi connectivity index (χ0v) is 12.6. The Balaban J connectivity index is 1.89. The second-order valence-electron chi connectivity index (χ2n) is 4.87. The van der Waals surface area contributed by atoms with Gasteiger partial charge in [0.05, 0.1) is 22.8 Å². The Bertz CT molecular complexity index is 401. The van der Waals surface area contributed by atoms with Gasteiger partial charge in [-0.1, -0.05) is 0 Å². The van der Waals surface area contributed by atoms with Crippen molar-refractivity contribution in [2.75, 3.05) is 32.7 Å². The van der Waals surface area contributed by atoms with Crippen molar-refractivity contribution in [3.8, 4) is 0 Å². The molecule has 1 fully saturated rings. The summed E-state index contributed by atoms with van der Waals surface area (Å²) in [5.74, 6) is 0. The van der Waals surface area contributed by atoms with Crippen LogP contribution in [0.2, 0.25) is 0 Å². The third-order valence-corrected chi connectivity index (χ3v) is 4.50. The predicted molar refractivity (Wildman–Crippen MR) is 74.7 cm³/mol. The van der Waals surface area contributed by atoms with Gasteiger partial charge in [-0.2, -0.15) is 5.10 Å². The van der Waals surface area contributed by atoms with E-state index in [9.17, 15) is 5.11 Å². The van der Waals surface area contributed by atoms with Gasteiger partial charge >= 0.3 is 0 Å². The van der Waals surface area contributed by atoms with Crippen LogP contribution in [0, 0.1) is 13.8 Å². The van der Waals surface area contributed by atoms with Crippen LogP contribution >= 0.6 is 15.9 Å². The van der Waals surface area contributed by atoms with Crippen LogP contribution in [0.25, 0.3) is 0 Å². The zero-order valence-electron chi connectivity index (χ0n) is 11.0. The van der Waals surface area contributed by atoms with E-state index in [-0.39, 0.29) is 6.10 Å². The first kappa shape index (κ1) is 14.0. The Morgan fingerprint density at radius 2 is 2.00 bits per heavy atom. The quantitative estimate of drug-likeness (QED) is 0.851. The molecule has 2 N–H and O–H groups in total. The number of β-amino-alcohol motifs (C(OH)–C–C–N with tert-alkyl or cyclic N) is 1. The number of halogens is 1. The number of piperazine rings is 1. The van der Waals surface area contributed by atoms with E-state index in [4.69, 9.17) is 0 Å². The molecule has 0 spiro atoms. The molecule has 2 rings (SSSR count). The summed E-state index contributed by atoms with van der Waals surface area (Å²) in [5.41, 5.74) is 2.05. The molecule has 0 aliphatic carbocycles. The molecule has 2 heterocycles. The van der Waals surface area contributed by atoms with Gasteiger partial charge in [0.1, 0.15) is 0 Å². The first-order valence-electron chi connectivity index (χ1n) is 6.38. The molecule has 5 nitrogen and oxygen atoms in total. The molecular weight excluding hydrogens is 296 g/mol. The van der Waals surface area contributed by atoms with Gasteiger partial charge in [-0.3, -0.25) is 9.58 Å². The number of nitrogens with one attached hydrogen (secondary N) is 1. The lowest BCUT2D eigenvalue weighted by Crippen LogP contribution is -2.47. The molecule has 1 aliphatic heterocycles. The fourth-order valence-corrected chi connectivity index (χ4v) is 2.59. The number of hydrogen-bond donors (Lipinski definition) is 2. The summed E-state index contributed by atoms with van der Waals surface area (Å²) < 4.78 is 2.92. The van der Waals surface area contributed by atoms with Gasteiger partial charge in [-0.25, -0.2) is 0 Å². The second-order valence-corrected chi connectivity index (χ2v) is 5.66. The minimum absolute atomic E-state index is 0.368. The van der Waals surface area contributed by atoms with Crippen LogP contribution in [-0.2, 0) is 6.54 Å². The average molecular weight is 317 g/mol. The Morgan fingerprint density at radius 3 is 2.56 bits per heavy atom. The molecule has 102 valence electrons. The van der Waals surface area contributed by atoms with E-state index in [1.165, 1.54) is 0 Å². The van der Waals surface area contributed by atoms with Gasteiger partial charge in [0.25, 0.3) is 0 Å². The van der Waals surface area contributed by atoms with Crippen molar-refractivity contribution in [3.05, 3.63) is 15.9 Å². The Morgan fingerprint density at radius 1 is 1.33 bits per heavy atom. The Kier molecular flexibility index (Phi) is 4.77. The van der Waals surface area contributed by atoms with Crippen LogP contribution in [0.4, 0.5) is 0 Å². The molecule has 0 saturated carbocycles. The number of aliphatic hydroxyl groups is 1. The van der Waals surface area contributed by atoms with E-state index in [0.29, 0.717) is 6.54 Å². The molecule has 0 bridgehead atoms. The summed E-state index contributed by atoms with van der Waals surface area (Å²) in [4.78, 5) is 2.29. The van der Waals surface area contributed by atoms with Crippen molar-refractivity contribution in [1.82, 2.24) is 20.0 Å². The van der Waals surface area contributed by atoms with Gasteiger partial charge in [0.15, 0.2) is 0 Å². The van der Waals surface area contributed by atoms with Crippen LogP contribution in [0.1, 0.15) is 11.4 Å². The number of aromatic nitrogens is 2.